The Balaban J connectivity index is 1.67. The molecule has 25 heavy (non-hydrogen) atoms. The first-order valence-corrected chi connectivity index (χ1v) is 8.70. The van der Waals surface area contributed by atoms with Crippen LogP contribution >= 0.6 is 0 Å². The SMILES string of the molecule is Cc1cc(OC(C)C)ccc1NC(=O)c1ccc(N2CCCC2)nn1. The molecule has 0 unspecified atom stereocenters. The number of aromatic nitrogens is 2. The molecule has 2 aromatic rings. The number of amides is 1. The summed E-state index contributed by atoms with van der Waals surface area (Å²) in [6.07, 6.45) is 2.48. The predicted octanol–water partition coefficient (Wildman–Crippen LogP) is 3.42. The van der Waals surface area contributed by atoms with Gasteiger partial charge in [0.25, 0.3) is 5.91 Å². The molecule has 1 aromatic heterocycles. The summed E-state index contributed by atoms with van der Waals surface area (Å²) in [6, 6.07) is 9.20. The summed E-state index contributed by atoms with van der Waals surface area (Å²) in [5.41, 5.74) is 1.99. The third kappa shape index (κ3) is 4.26. The van der Waals surface area contributed by atoms with E-state index in [2.05, 4.69) is 20.4 Å². The highest BCUT2D eigenvalue weighted by atomic mass is 16.5. The number of hydrogen-bond donors (Lipinski definition) is 1. The molecule has 0 spiro atoms. The van der Waals surface area contributed by atoms with Gasteiger partial charge in [0.15, 0.2) is 11.5 Å². The third-order valence-corrected chi connectivity index (χ3v) is 4.13. The molecule has 1 fully saturated rings. The maximum absolute atomic E-state index is 12.4. The fourth-order valence-corrected chi connectivity index (χ4v) is 2.87. The van der Waals surface area contributed by atoms with E-state index in [1.807, 2.05) is 45.0 Å². The highest BCUT2D eigenvalue weighted by molar-refractivity contribution is 6.03. The van der Waals surface area contributed by atoms with Crippen LogP contribution < -0.4 is 15.0 Å². The lowest BCUT2D eigenvalue weighted by Crippen LogP contribution is -2.21. The van der Waals surface area contributed by atoms with Crippen LogP contribution in [0, 0.1) is 6.92 Å². The van der Waals surface area contributed by atoms with Crippen molar-refractivity contribution in [2.24, 2.45) is 0 Å². The van der Waals surface area contributed by atoms with Crippen LogP contribution in [0.4, 0.5) is 11.5 Å². The van der Waals surface area contributed by atoms with Crippen LogP contribution in [0.5, 0.6) is 5.75 Å². The molecule has 0 aliphatic carbocycles. The number of carbonyl (C=O) groups is 1. The van der Waals surface area contributed by atoms with Gasteiger partial charge >= 0.3 is 0 Å². The summed E-state index contributed by atoms with van der Waals surface area (Å²) in [7, 11) is 0. The Hall–Kier alpha value is -2.63. The molecular weight excluding hydrogens is 316 g/mol. The first-order valence-electron chi connectivity index (χ1n) is 8.70. The highest BCUT2D eigenvalue weighted by Crippen LogP contribution is 2.23. The van der Waals surface area contributed by atoms with Gasteiger partial charge in [0.2, 0.25) is 0 Å². The van der Waals surface area contributed by atoms with E-state index in [-0.39, 0.29) is 12.0 Å². The zero-order chi connectivity index (χ0) is 17.8. The van der Waals surface area contributed by atoms with Crippen molar-refractivity contribution in [1.82, 2.24) is 10.2 Å². The van der Waals surface area contributed by atoms with Crippen molar-refractivity contribution >= 4 is 17.4 Å². The Morgan fingerprint density at radius 2 is 1.92 bits per heavy atom. The number of nitrogens with zero attached hydrogens (tertiary/aromatic N) is 3. The van der Waals surface area contributed by atoms with Gasteiger partial charge in [-0.1, -0.05) is 0 Å². The number of carbonyl (C=O) groups excluding carboxylic acids is 1. The standard InChI is InChI=1S/C19H24N4O2/c1-13(2)25-15-6-7-16(14(3)12-15)20-19(24)17-8-9-18(22-21-17)23-10-4-5-11-23/h6-9,12-13H,4-5,10-11H2,1-3H3,(H,20,24). The van der Waals surface area contributed by atoms with E-state index in [0.29, 0.717) is 5.69 Å². The molecule has 0 atom stereocenters. The topological polar surface area (TPSA) is 67.3 Å². The van der Waals surface area contributed by atoms with Crippen molar-refractivity contribution in [3.05, 3.63) is 41.6 Å². The quantitative estimate of drug-likeness (QED) is 0.903. The summed E-state index contributed by atoms with van der Waals surface area (Å²) in [5, 5.41) is 11.2. The minimum absolute atomic E-state index is 0.115. The van der Waals surface area contributed by atoms with Crippen LogP contribution in [0.1, 0.15) is 42.7 Å². The highest BCUT2D eigenvalue weighted by Gasteiger charge is 2.16. The third-order valence-electron chi connectivity index (χ3n) is 4.13. The molecule has 0 saturated carbocycles. The van der Waals surface area contributed by atoms with Gasteiger partial charge in [0.1, 0.15) is 5.75 Å². The van der Waals surface area contributed by atoms with E-state index in [1.165, 1.54) is 12.8 Å². The maximum Gasteiger partial charge on any atom is 0.276 e. The number of ether oxygens (including phenoxy) is 1. The van der Waals surface area contributed by atoms with Crippen molar-refractivity contribution in [2.45, 2.75) is 39.7 Å². The van der Waals surface area contributed by atoms with Crippen LogP contribution in [0.25, 0.3) is 0 Å². The molecule has 6 heteroatoms. The number of benzene rings is 1. The molecule has 1 aliphatic heterocycles. The Kier molecular flexibility index (Phi) is 5.16. The minimum atomic E-state index is -0.263. The van der Waals surface area contributed by atoms with Crippen molar-refractivity contribution in [3.63, 3.8) is 0 Å². The molecule has 2 heterocycles. The molecule has 1 aromatic carbocycles. The van der Waals surface area contributed by atoms with Crippen LogP contribution in [-0.4, -0.2) is 35.3 Å². The van der Waals surface area contributed by atoms with Crippen LogP contribution in [-0.2, 0) is 0 Å². The summed E-state index contributed by atoms with van der Waals surface area (Å²) in [6.45, 7) is 7.91. The molecule has 1 aliphatic rings. The molecule has 132 valence electrons. The maximum atomic E-state index is 12.4. The van der Waals surface area contributed by atoms with Crippen molar-refractivity contribution in [2.75, 3.05) is 23.3 Å². The number of nitrogens with one attached hydrogen (secondary N) is 1. The molecule has 0 radical (unpaired) electrons. The fourth-order valence-electron chi connectivity index (χ4n) is 2.87. The Morgan fingerprint density at radius 3 is 2.52 bits per heavy atom. The zero-order valence-corrected chi connectivity index (χ0v) is 15.0. The van der Waals surface area contributed by atoms with Crippen LogP contribution in [0.2, 0.25) is 0 Å². The normalized spacial score (nSPS) is 14.0. The number of hydrogen-bond acceptors (Lipinski definition) is 5. The first-order chi connectivity index (χ1) is 12.0. The lowest BCUT2D eigenvalue weighted by molar-refractivity contribution is 0.102. The van der Waals surface area contributed by atoms with Gasteiger partial charge in [-0.2, -0.15) is 0 Å². The van der Waals surface area contributed by atoms with E-state index >= 15 is 0 Å². The lowest BCUT2D eigenvalue weighted by Gasteiger charge is -2.15. The van der Waals surface area contributed by atoms with E-state index in [9.17, 15) is 4.79 Å². The summed E-state index contributed by atoms with van der Waals surface area (Å²) in [4.78, 5) is 14.6. The smallest absolute Gasteiger partial charge is 0.276 e. The molecule has 1 N–H and O–H groups in total. The first kappa shape index (κ1) is 17.2. The number of rotatable bonds is 5. The summed E-state index contributed by atoms with van der Waals surface area (Å²) in [5.74, 6) is 1.36. The van der Waals surface area contributed by atoms with Gasteiger partial charge in [0, 0.05) is 18.8 Å². The number of anilines is 2. The minimum Gasteiger partial charge on any atom is -0.491 e. The van der Waals surface area contributed by atoms with E-state index in [1.54, 1.807) is 6.07 Å². The van der Waals surface area contributed by atoms with Crippen molar-refractivity contribution in [1.29, 1.82) is 0 Å². The van der Waals surface area contributed by atoms with Gasteiger partial charge in [-0.25, -0.2) is 0 Å². The van der Waals surface area contributed by atoms with Gasteiger partial charge in [-0.3, -0.25) is 4.79 Å². The predicted molar refractivity (Wildman–Crippen MR) is 98.4 cm³/mol. The lowest BCUT2D eigenvalue weighted by atomic mass is 10.2. The second-order valence-corrected chi connectivity index (χ2v) is 6.57. The monoisotopic (exact) mass is 340 g/mol. The Labute approximate surface area is 148 Å². The molecule has 1 amide bonds. The van der Waals surface area contributed by atoms with Gasteiger partial charge < -0.3 is 15.0 Å². The van der Waals surface area contributed by atoms with Crippen LogP contribution in [0.3, 0.4) is 0 Å². The number of aryl methyl sites for hydroxylation is 1. The van der Waals surface area contributed by atoms with Gasteiger partial charge in [-0.15, -0.1) is 10.2 Å². The van der Waals surface area contributed by atoms with Crippen molar-refractivity contribution in [3.8, 4) is 5.75 Å². The van der Waals surface area contributed by atoms with E-state index in [0.717, 1.165) is 35.9 Å². The molecule has 3 rings (SSSR count). The Bertz CT molecular complexity index is 738. The summed E-state index contributed by atoms with van der Waals surface area (Å²) >= 11 is 0. The molecular formula is C19H24N4O2. The van der Waals surface area contributed by atoms with Gasteiger partial charge in [0.05, 0.1) is 6.10 Å². The molecule has 1 saturated heterocycles. The molecule has 6 nitrogen and oxygen atoms in total. The zero-order valence-electron chi connectivity index (χ0n) is 15.0. The largest absolute Gasteiger partial charge is 0.491 e. The Morgan fingerprint density at radius 1 is 1.16 bits per heavy atom. The average Bonchev–Trinajstić information content (AvgIpc) is 3.11. The van der Waals surface area contributed by atoms with Crippen molar-refractivity contribution < 1.29 is 9.53 Å². The van der Waals surface area contributed by atoms with Crippen LogP contribution in [0.15, 0.2) is 30.3 Å². The second kappa shape index (κ2) is 7.51. The fraction of sp³-hybridized carbons (Fsp3) is 0.421. The molecule has 0 bridgehead atoms. The summed E-state index contributed by atoms with van der Waals surface area (Å²) < 4.78 is 5.66. The van der Waals surface area contributed by atoms with E-state index in [4.69, 9.17) is 4.74 Å². The van der Waals surface area contributed by atoms with E-state index < -0.39 is 0 Å². The van der Waals surface area contributed by atoms with Gasteiger partial charge in [-0.05, 0) is 69.5 Å². The average molecular weight is 340 g/mol. The second-order valence-electron chi connectivity index (χ2n) is 6.57.